The summed E-state index contributed by atoms with van der Waals surface area (Å²) in [4.78, 5) is 23.1. The molecule has 0 aliphatic rings. The molecule has 0 fully saturated rings. The number of pyridine rings is 1. The van der Waals surface area contributed by atoms with Crippen LogP contribution >= 0.6 is 11.3 Å². The van der Waals surface area contributed by atoms with Crippen molar-refractivity contribution in [3.8, 4) is 0 Å². The largest absolute Gasteiger partial charge is 0.478 e. The van der Waals surface area contributed by atoms with Crippen molar-refractivity contribution < 1.29 is 24.2 Å². The third-order valence-electron chi connectivity index (χ3n) is 2.87. The highest BCUT2D eigenvalue weighted by atomic mass is 32.1. The zero-order valence-corrected chi connectivity index (χ0v) is 13.5. The molecular formula is C17H13FN2O4S. The molecule has 0 atom stereocenters. The zero-order valence-electron chi connectivity index (χ0n) is 12.7. The second-order valence-corrected chi connectivity index (χ2v) is 5.57. The van der Waals surface area contributed by atoms with Gasteiger partial charge in [-0.3, -0.25) is 4.98 Å². The second kappa shape index (κ2) is 8.55. The fraction of sp³-hybridized carbons (Fsp3) is 0. The molecule has 0 amide bonds. The minimum absolute atomic E-state index is 0.199. The first kappa shape index (κ1) is 18.1. The normalized spacial score (nSPS) is 10.3. The molecule has 6 nitrogen and oxygen atoms in total. The van der Waals surface area contributed by atoms with Gasteiger partial charge in [0, 0.05) is 45.7 Å². The molecule has 25 heavy (non-hydrogen) atoms. The number of benzene rings is 1. The summed E-state index contributed by atoms with van der Waals surface area (Å²) < 4.78 is 14.0. The smallest absolute Gasteiger partial charge is 0.328 e. The van der Waals surface area contributed by atoms with Crippen molar-refractivity contribution in [1.82, 2.24) is 4.98 Å². The maximum Gasteiger partial charge on any atom is 0.328 e. The molecule has 0 aliphatic carbocycles. The molecule has 2 heterocycles. The molecule has 0 unspecified atom stereocenters. The average Bonchev–Trinajstić information content (AvgIpc) is 2.96. The van der Waals surface area contributed by atoms with Crippen molar-refractivity contribution in [2.75, 3.05) is 5.32 Å². The van der Waals surface area contributed by atoms with E-state index in [1.54, 1.807) is 24.5 Å². The Balaban J connectivity index is 0.000000242. The molecule has 0 bridgehead atoms. The highest BCUT2D eigenvalue weighted by Gasteiger charge is 2.04. The fourth-order valence-corrected chi connectivity index (χ4v) is 2.75. The summed E-state index contributed by atoms with van der Waals surface area (Å²) in [6.45, 7) is 0. The monoisotopic (exact) mass is 360 g/mol. The van der Waals surface area contributed by atoms with Gasteiger partial charge < -0.3 is 15.5 Å². The van der Waals surface area contributed by atoms with Crippen LogP contribution in [0, 0.1) is 5.82 Å². The Bertz CT molecular complexity index is 893. The molecule has 0 aliphatic heterocycles. The number of nitrogens with one attached hydrogen (secondary N) is 1. The predicted octanol–water partition coefficient (Wildman–Crippen LogP) is 3.89. The van der Waals surface area contributed by atoms with Crippen LogP contribution in [0.5, 0.6) is 0 Å². The number of fused-ring (bicyclic) bond motifs is 1. The van der Waals surface area contributed by atoms with E-state index in [0.29, 0.717) is 12.2 Å². The summed E-state index contributed by atoms with van der Waals surface area (Å²) in [5.74, 6) is -2.71. The second-order valence-electron chi connectivity index (χ2n) is 4.66. The first-order valence-corrected chi connectivity index (χ1v) is 7.81. The van der Waals surface area contributed by atoms with Crippen LogP contribution in [0.1, 0.15) is 0 Å². The Morgan fingerprint density at radius 1 is 1.08 bits per heavy atom. The summed E-state index contributed by atoms with van der Waals surface area (Å²) >= 11 is 1.53. The predicted molar refractivity (Wildman–Crippen MR) is 93.7 cm³/mol. The van der Waals surface area contributed by atoms with Gasteiger partial charge in [0.15, 0.2) is 0 Å². The quantitative estimate of drug-likeness (QED) is 0.611. The van der Waals surface area contributed by atoms with Crippen LogP contribution in [-0.2, 0) is 9.59 Å². The molecule has 2 aromatic heterocycles. The molecule has 1 aromatic carbocycles. The number of carbonyl (C=O) groups is 2. The minimum atomic E-state index is -1.26. The number of hydrogen-bond donors (Lipinski definition) is 3. The average molecular weight is 360 g/mol. The van der Waals surface area contributed by atoms with Crippen molar-refractivity contribution in [3.63, 3.8) is 0 Å². The number of hydrogen-bond acceptors (Lipinski definition) is 5. The number of anilines is 2. The van der Waals surface area contributed by atoms with E-state index < -0.39 is 11.9 Å². The lowest BCUT2D eigenvalue weighted by Crippen LogP contribution is -1.91. The Labute approximate surface area is 145 Å². The topological polar surface area (TPSA) is 99.5 Å². The minimum Gasteiger partial charge on any atom is -0.478 e. The van der Waals surface area contributed by atoms with Gasteiger partial charge in [-0.15, -0.1) is 11.3 Å². The van der Waals surface area contributed by atoms with Crippen LogP contribution in [0.3, 0.4) is 0 Å². The molecule has 0 saturated heterocycles. The molecule has 0 spiro atoms. The lowest BCUT2D eigenvalue weighted by atomic mass is 10.2. The van der Waals surface area contributed by atoms with E-state index in [4.69, 9.17) is 10.2 Å². The molecule has 3 N–H and O–H groups in total. The van der Waals surface area contributed by atoms with Gasteiger partial charge in [-0.25, -0.2) is 14.0 Å². The van der Waals surface area contributed by atoms with Crippen molar-refractivity contribution in [3.05, 3.63) is 66.1 Å². The lowest BCUT2D eigenvalue weighted by molar-refractivity contribution is -0.134. The summed E-state index contributed by atoms with van der Waals surface area (Å²) in [5.41, 5.74) is 1.97. The van der Waals surface area contributed by atoms with Crippen molar-refractivity contribution in [1.29, 1.82) is 0 Å². The number of halogens is 1. The Kier molecular flexibility index (Phi) is 6.19. The Morgan fingerprint density at radius 3 is 2.32 bits per heavy atom. The fourth-order valence-electron chi connectivity index (χ4n) is 1.83. The van der Waals surface area contributed by atoms with Crippen molar-refractivity contribution in [2.45, 2.75) is 0 Å². The number of nitrogens with zero attached hydrogens (tertiary/aromatic N) is 1. The first-order valence-electron chi connectivity index (χ1n) is 6.93. The third kappa shape index (κ3) is 5.70. The standard InChI is InChI=1S/C13H9FN2S.C4H4O4/c14-9-1-2-11-12(8-17-13(11)7-9)16-10-3-5-15-6-4-10;5-3(6)1-2-4(7)8/h1-8H,(H,15,16);1-2H,(H,5,6)(H,7,8)/b;2-1-. The van der Waals surface area contributed by atoms with Crippen LogP contribution in [0.4, 0.5) is 15.8 Å². The van der Waals surface area contributed by atoms with Crippen molar-refractivity contribution in [2.24, 2.45) is 0 Å². The number of carboxylic acids is 2. The maximum atomic E-state index is 13.1. The van der Waals surface area contributed by atoms with E-state index in [1.165, 1.54) is 17.4 Å². The van der Waals surface area contributed by atoms with Gasteiger partial charge in [0.05, 0.1) is 5.69 Å². The Hall–Kier alpha value is -3.26. The van der Waals surface area contributed by atoms with E-state index in [0.717, 1.165) is 21.5 Å². The number of thiophene rings is 1. The zero-order chi connectivity index (χ0) is 18.2. The molecule has 8 heteroatoms. The first-order chi connectivity index (χ1) is 12.0. The van der Waals surface area contributed by atoms with Crippen molar-refractivity contribution >= 4 is 44.7 Å². The van der Waals surface area contributed by atoms with Gasteiger partial charge in [0.2, 0.25) is 0 Å². The van der Waals surface area contributed by atoms with E-state index in [2.05, 4.69) is 10.3 Å². The van der Waals surface area contributed by atoms with E-state index in [9.17, 15) is 14.0 Å². The highest BCUT2D eigenvalue weighted by Crippen LogP contribution is 2.32. The summed E-state index contributed by atoms with van der Waals surface area (Å²) in [7, 11) is 0. The Morgan fingerprint density at radius 2 is 1.72 bits per heavy atom. The number of aliphatic carboxylic acids is 2. The van der Waals surface area contributed by atoms with Crippen LogP contribution in [0.25, 0.3) is 10.1 Å². The SMILES string of the molecule is Fc1ccc2c(Nc3ccncc3)csc2c1.O=C(O)/C=C\C(=O)O. The highest BCUT2D eigenvalue weighted by molar-refractivity contribution is 7.17. The number of carboxylic acid groups (broad SMARTS) is 2. The molecule has 3 aromatic rings. The van der Waals surface area contributed by atoms with Gasteiger partial charge >= 0.3 is 11.9 Å². The van der Waals surface area contributed by atoms with Gasteiger partial charge in [-0.1, -0.05) is 0 Å². The lowest BCUT2D eigenvalue weighted by Gasteiger charge is -2.03. The van der Waals surface area contributed by atoms with Gasteiger partial charge in [-0.05, 0) is 30.3 Å². The molecule has 128 valence electrons. The summed E-state index contributed by atoms with van der Waals surface area (Å²) in [6, 6.07) is 8.62. The maximum absolute atomic E-state index is 13.1. The van der Waals surface area contributed by atoms with Gasteiger partial charge in [0.1, 0.15) is 5.82 Å². The van der Waals surface area contributed by atoms with Crippen LogP contribution in [0.15, 0.2) is 60.3 Å². The third-order valence-corrected chi connectivity index (χ3v) is 3.81. The molecule has 3 rings (SSSR count). The van der Waals surface area contributed by atoms with Crippen LogP contribution in [0.2, 0.25) is 0 Å². The number of rotatable bonds is 4. The summed E-state index contributed by atoms with van der Waals surface area (Å²) in [6.07, 6.45) is 4.58. The van der Waals surface area contributed by atoms with Crippen LogP contribution in [-0.4, -0.2) is 27.1 Å². The van der Waals surface area contributed by atoms with Gasteiger partial charge in [-0.2, -0.15) is 0 Å². The molecule has 0 radical (unpaired) electrons. The van der Waals surface area contributed by atoms with E-state index in [1.807, 2.05) is 17.5 Å². The summed E-state index contributed by atoms with van der Waals surface area (Å²) in [5, 5.41) is 21.9. The van der Waals surface area contributed by atoms with E-state index in [-0.39, 0.29) is 5.82 Å². The molecular weight excluding hydrogens is 347 g/mol. The van der Waals surface area contributed by atoms with Gasteiger partial charge in [0.25, 0.3) is 0 Å². The van der Waals surface area contributed by atoms with Crippen LogP contribution < -0.4 is 5.32 Å². The number of aromatic nitrogens is 1. The van der Waals surface area contributed by atoms with E-state index >= 15 is 0 Å². The molecule has 0 saturated carbocycles.